The van der Waals surface area contributed by atoms with Crippen molar-refractivity contribution in [1.29, 1.82) is 0 Å². The lowest BCUT2D eigenvalue weighted by Crippen LogP contribution is -2.46. The number of rotatable bonds is 7. The number of alkyl halides is 3. The van der Waals surface area contributed by atoms with E-state index in [2.05, 4.69) is 15.0 Å². The van der Waals surface area contributed by atoms with E-state index in [1.807, 2.05) is 16.8 Å². The third kappa shape index (κ3) is 5.04. The molecule has 0 radical (unpaired) electrons. The zero-order valence-corrected chi connectivity index (χ0v) is 21.9. The Labute approximate surface area is 223 Å². The van der Waals surface area contributed by atoms with Crippen LogP contribution < -0.4 is 14.5 Å². The molecule has 38 heavy (non-hydrogen) atoms. The number of imidazole rings is 1. The minimum atomic E-state index is -2.87. The summed E-state index contributed by atoms with van der Waals surface area (Å²) in [6, 6.07) is 5.10. The van der Waals surface area contributed by atoms with E-state index in [4.69, 9.17) is 26.1 Å². The Morgan fingerprint density at radius 1 is 1.13 bits per heavy atom. The minimum Gasteiger partial charge on any atom is -0.494 e. The number of likely N-dealkylation sites (tertiary alicyclic amines) is 1. The molecule has 0 unspecified atom stereocenters. The molecule has 0 saturated carbocycles. The first-order valence-corrected chi connectivity index (χ1v) is 12.9. The Kier molecular flexibility index (Phi) is 7.75. The summed E-state index contributed by atoms with van der Waals surface area (Å²) in [5.41, 5.74) is 0.699. The van der Waals surface area contributed by atoms with E-state index in [1.165, 1.54) is 11.7 Å². The first-order valence-electron chi connectivity index (χ1n) is 12.4. The quantitative estimate of drug-likeness (QED) is 0.411. The van der Waals surface area contributed by atoms with Crippen LogP contribution >= 0.6 is 11.6 Å². The van der Waals surface area contributed by atoms with Crippen LogP contribution in [0.3, 0.4) is 0 Å². The van der Waals surface area contributed by atoms with Crippen molar-refractivity contribution in [2.75, 3.05) is 69.2 Å². The lowest BCUT2D eigenvalue weighted by Gasteiger charge is -2.37. The highest BCUT2D eigenvalue weighted by Crippen LogP contribution is 2.32. The Morgan fingerprint density at radius 3 is 2.50 bits per heavy atom. The lowest BCUT2D eigenvalue weighted by molar-refractivity contribution is -0.129. The van der Waals surface area contributed by atoms with Gasteiger partial charge in [-0.2, -0.15) is 15.0 Å². The second-order valence-corrected chi connectivity index (χ2v) is 9.39. The molecule has 1 aromatic carbocycles. The second-order valence-electron chi connectivity index (χ2n) is 9.13. The van der Waals surface area contributed by atoms with Gasteiger partial charge in [0, 0.05) is 39.3 Å². The van der Waals surface area contributed by atoms with Crippen LogP contribution in [0.15, 0.2) is 18.2 Å². The smallest absolute Gasteiger partial charge is 0.296 e. The van der Waals surface area contributed by atoms with Gasteiger partial charge in [-0.3, -0.25) is 9.36 Å². The van der Waals surface area contributed by atoms with E-state index >= 15 is 0 Å². The molecule has 14 heteroatoms. The number of carbonyl (C=O) groups excluding carboxylic acids is 1. The summed E-state index contributed by atoms with van der Waals surface area (Å²) in [5.74, 6) is 0.529. The molecule has 0 atom stereocenters. The normalized spacial score (nSPS) is 16.9. The molecule has 204 valence electrons. The van der Waals surface area contributed by atoms with Crippen LogP contribution in [0, 0.1) is 0 Å². The van der Waals surface area contributed by atoms with Crippen molar-refractivity contribution >= 4 is 40.4 Å². The van der Waals surface area contributed by atoms with Crippen molar-refractivity contribution in [3.05, 3.63) is 24.0 Å². The van der Waals surface area contributed by atoms with Gasteiger partial charge in [0.2, 0.25) is 23.8 Å². The summed E-state index contributed by atoms with van der Waals surface area (Å²) < 4.78 is 40.6. The van der Waals surface area contributed by atoms with Crippen LogP contribution in [0.1, 0.15) is 25.1 Å². The van der Waals surface area contributed by atoms with Crippen LogP contribution in [0.4, 0.5) is 20.7 Å². The number of benzene rings is 1. The van der Waals surface area contributed by atoms with Crippen LogP contribution in [-0.4, -0.2) is 101 Å². The van der Waals surface area contributed by atoms with Crippen LogP contribution in [0.2, 0.25) is 0 Å². The number of piperidine rings is 1. The number of ether oxygens (including phenoxy) is 2. The number of amides is 1. The molecule has 0 N–H and O–H groups in total. The zero-order valence-electron chi connectivity index (χ0n) is 21.2. The van der Waals surface area contributed by atoms with Gasteiger partial charge < -0.3 is 24.2 Å². The molecule has 2 aromatic heterocycles. The number of methoxy groups -OCH3 is 1. The third-order valence-electron chi connectivity index (χ3n) is 6.98. The Balaban J connectivity index is 1.58. The topological polar surface area (TPSA) is 102 Å². The van der Waals surface area contributed by atoms with Crippen molar-refractivity contribution in [2.24, 2.45) is 0 Å². The van der Waals surface area contributed by atoms with Crippen LogP contribution in [0.5, 0.6) is 5.75 Å². The van der Waals surface area contributed by atoms with E-state index < -0.39 is 12.2 Å². The van der Waals surface area contributed by atoms with Crippen LogP contribution in [-0.2, 0) is 9.53 Å². The molecule has 5 rings (SSSR count). The molecule has 2 fully saturated rings. The number of carbonyl (C=O) groups is 1. The summed E-state index contributed by atoms with van der Waals surface area (Å²) in [4.78, 5) is 35.8. The number of hydrogen-bond acceptors (Lipinski definition) is 9. The fraction of sp³-hybridized carbons (Fsp3) is 0.542. The van der Waals surface area contributed by atoms with Gasteiger partial charge in [-0.1, -0.05) is 6.07 Å². The van der Waals surface area contributed by atoms with Gasteiger partial charge in [0.25, 0.3) is 6.43 Å². The maximum atomic E-state index is 14.2. The minimum absolute atomic E-state index is 0.0383. The Morgan fingerprint density at radius 2 is 1.84 bits per heavy atom. The summed E-state index contributed by atoms with van der Waals surface area (Å²) in [6.45, 7) is 3.27. The number of nitrogens with zero attached hydrogens (tertiary/aromatic N) is 8. The van der Waals surface area contributed by atoms with Crippen molar-refractivity contribution in [3.63, 3.8) is 0 Å². The number of aromatic nitrogens is 5. The van der Waals surface area contributed by atoms with E-state index in [-0.39, 0.29) is 23.8 Å². The van der Waals surface area contributed by atoms with E-state index in [0.29, 0.717) is 80.9 Å². The lowest BCUT2D eigenvalue weighted by atomic mass is 10.0. The standard InChI is InChI=1S/C24H29ClF2N8O3/c1-32(15-6-8-33(9-7-15)18(36)14-25)22-29-23(34-10-12-38-13-11-34)31-24(30-22)35-16-4-3-5-17(37-2)19(16)28-21(35)20(26)27/h3-5,15,20H,6-14H2,1-2H3. The fourth-order valence-electron chi connectivity index (χ4n) is 4.87. The van der Waals surface area contributed by atoms with Crippen molar-refractivity contribution in [3.8, 4) is 11.7 Å². The van der Waals surface area contributed by atoms with Gasteiger partial charge in [0.15, 0.2) is 5.82 Å². The predicted molar refractivity (Wildman–Crippen MR) is 138 cm³/mol. The van der Waals surface area contributed by atoms with E-state index in [0.717, 1.165) is 0 Å². The number of anilines is 2. The highest BCUT2D eigenvalue weighted by atomic mass is 35.5. The van der Waals surface area contributed by atoms with E-state index in [1.54, 1.807) is 23.1 Å². The van der Waals surface area contributed by atoms with Gasteiger partial charge in [-0.05, 0) is 25.0 Å². The zero-order chi connectivity index (χ0) is 26.8. The Bertz CT molecular complexity index is 1300. The summed E-state index contributed by atoms with van der Waals surface area (Å²) in [5, 5.41) is 0. The van der Waals surface area contributed by atoms with Crippen LogP contribution in [0.25, 0.3) is 17.0 Å². The monoisotopic (exact) mass is 550 g/mol. The number of para-hydroxylation sites is 1. The molecule has 2 saturated heterocycles. The highest BCUT2D eigenvalue weighted by molar-refractivity contribution is 6.27. The van der Waals surface area contributed by atoms with E-state index in [9.17, 15) is 13.6 Å². The first kappa shape index (κ1) is 26.3. The largest absolute Gasteiger partial charge is 0.494 e. The number of hydrogen-bond donors (Lipinski definition) is 0. The molecule has 3 aromatic rings. The fourth-order valence-corrected chi connectivity index (χ4v) is 5.04. The average Bonchev–Trinajstić information content (AvgIpc) is 3.37. The molecule has 11 nitrogen and oxygen atoms in total. The molecule has 2 aliphatic heterocycles. The maximum Gasteiger partial charge on any atom is 0.296 e. The molecule has 2 aliphatic rings. The number of halogens is 3. The SMILES string of the molecule is COc1cccc2c1nc(C(F)F)n2-c1nc(N2CCOCC2)nc(N(C)C2CCN(C(=O)CCl)CC2)n1. The molecular formula is C24H29ClF2N8O3. The predicted octanol–water partition coefficient (Wildman–Crippen LogP) is 2.66. The molecule has 4 heterocycles. The third-order valence-corrected chi connectivity index (χ3v) is 7.21. The average molecular weight is 551 g/mol. The highest BCUT2D eigenvalue weighted by Gasteiger charge is 2.29. The second kappa shape index (κ2) is 11.2. The summed E-state index contributed by atoms with van der Waals surface area (Å²) >= 11 is 5.72. The molecule has 0 spiro atoms. The maximum absolute atomic E-state index is 14.2. The summed E-state index contributed by atoms with van der Waals surface area (Å²) in [7, 11) is 3.34. The van der Waals surface area contributed by atoms with Crippen molar-refractivity contribution in [2.45, 2.75) is 25.3 Å². The molecule has 1 amide bonds. The first-order chi connectivity index (χ1) is 18.4. The number of fused-ring (bicyclic) bond motifs is 1. The van der Waals surface area contributed by atoms with Gasteiger partial charge in [-0.25, -0.2) is 13.8 Å². The van der Waals surface area contributed by atoms with Crippen molar-refractivity contribution < 1.29 is 23.0 Å². The Hall–Kier alpha value is -3.32. The summed E-state index contributed by atoms with van der Waals surface area (Å²) in [6.07, 6.45) is -1.48. The number of morpholine rings is 1. The van der Waals surface area contributed by atoms with Gasteiger partial charge in [0.1, 0.15) is 17.1 Å². The van der Waals surface area contributed by atoms with Crippen molar-refractivity contribution in [1.82, 2.24) is 29.4 Å². The molecule has 0 aliphatic carbocycles. The van der Waals surface area contributed by atoms with Gasteiger partial charge >= 0.3 is 0 Å². The van der Waals surface area contributed by atoms with Gasteiger partial charge in [0.05, 0.1) is 25.8 Å². The molecular weight excluding hydrogens is 522 g/mol. The van der Waals surface area contributed by atoms with Gasteiger partial charge in [-0.15, -0.1) is 11.6 Å². The molecule has 0 bridgehead atoms.